The summed E-state index contributed by atoms with van der Waals surface area (Å²) in [7, 11) is 0. The molecule has 8 heteroatoms. The quantitative estimate of drug-likeness (QED) is 0.560. The summed E-state index contributed by atoms with van der Waals surface area (Å²) in [5, 5.41) is 5.04. The predicted octanol–water partition coefficient (Wildman–Crippen LogP) is 2.94. The number of ether oxygens (including phenoxy) is 1. The molecule has 168 valence electrons. The van der Waals surface area contributed by atoms with Crippen LogP contribution < -0.4 is 16.1 Å². The molecule has 3 N–H and O–H groups in total. The Kier molecular flexibility index (Phi) is 12.4. The lowest BCUT2D eigenvalue weighted by atomic mass is 10.1. The van der Waals surface area contributed by atoms with Gasteiger partial charge >= 0.3 is 6.03 Å². The fourth-order valence-electron chi connectivity index (χ4n) is 2.83. The van der Waals surface area contributed by atoms with E-state index in [0.29, 0.717) is 26.3 Å². The summed E-state index contributed by atoms with van der Waals surface area (Å²) in [5.41, 5.74) is 5.97. The third kappa shape index (κ3) is 9.39. The molecule has 1 unspecified atom stereocenters. The number of benzene rings is 1. The molecule has 1 aliphatic rings. The van der Waals surface area contributed by atoms with E-state index in [0.717, 1.165) is 16.8 Å². The fraction of sp³-hybridized carbons (Fsp3) is 0.545. The highest BCUT2D eigenvalue weighted by molar-refractivity contribution is 5.95. The zero-order valence-electron chi connectivity index (χ0n) is 18.8. The number of hydrogen-bond donors (Lipinski definition) is 3. The largest absolute Gasteiger partial charge is 0.379 e. The number of nitrogens with one attached hydrogen (secondary N) is 3. The first-order valence-corrected chi connectivity index (χ1v) is 10.5. The molecule has 1 fully saturated rings. The van der Waals surface area contributed by atoms with Crippen molar-refractivity contribution in [3.63, 3.8) is 0 Å². The van der Waals surface area contributed by atoms with E-state index in [1.54, 1.807) is 6.92 Å². The summed E-state index contributed by atoms with van der Waals surface area (Å²) in [4.78, 5) is 31.3. The molecule has 3 amide bonds. The number of amides is 3. The second kappa shape index (κ2) is 14.5. The number of imide groups is 1. The van der Waals surface area contributed by atoms with Gasteiger partial charge in [0.05, 0.1) is 38.1 Å². The van der Waals surface area contributed by atoms with Crippen molar-refractivity contribution < 1.29 is 19.2 Å². The highest BCUT2D eigenvalue weighted by Gasteiger charge is 2.16. The zero-order chi connectivity index (χ0) is 22.4. The summed E-state index contributed by atoms with van der Waals surface area (Å²) in [6.07, 6.45) is 3.98. The van der Waals surface area contributed by atoms with Crippen LogP contribution in [0.25, 0.3) is 6.08 Å². The average Bonchev–Trinajstić information content (AvgIpc) is 2.72. The van der Waals surface area contributed by atoms with Gasteiger partial charge in [-0.25, -0.2) is 4.79 Å². The van der Waals surface area contributed by atoms with Crippen LogP contribution in [-0.2, 0) is 14.4 Å². The van der Waals surface area contributed by atoms with Gasteiger partial charge in [-0.15, -0.1) is 0 Å². The second-order valence-electron chi connectivity index (χ2n) is 6.76. The van der Waals surface area contributed by atoms with Crippen LogP contribution in [0.2, 0.25) is 0 Å². The summed E-state index contributed by atoms with van der Waals surface area (Å²) in [5.74, 6) is -0.332. The molecule has 1 atom stereocenters. The number of morpholine rings is 1. The van der Waals surface area contributed by atoms with Gasteiger partial charge in [0.15, 0.2) is 0 Å². The summed E-state index contributed by atoms with van der Waals surface area (Å²) >= 11 is 0. The van der Waals surface area contributed by atoms with Crippen molar-refractivity contribution in [3.8, 4) is 0 Å². The Morgan fingerprint density at radius 2 is 1.97 bits per heavy atom. The van der Waals surface area contributed by atoms with E-state index in [4.69, 9.17) is 9.57 Å². The van der Waals surface area contributed by atoms with Gasteiger partial charge in [0, 0.05) is 18.7 Å². The first-order valence-electron chi connectivity index (χ1n) is 10.5. The molecular weight excluding hydrogens is 384 g/mol. The molecule has 1 aromatic carbocycles. The van der Waals surface area contributed by atoms with Crippen LogP contribution in [0.1, 0.15) is 38.8 Å². The number of carbonyl (C=O) groups excluding carboxylic acids is 2. The molecule has 30 heavy (non-hydrogen) atoms. The van der Waals surface area contributed by atoms with E-state index in [2.05, 4.69) is 16.1 Å². The van der Waals surface area contributed by atoms with Crippen molar-refractivity contribution in [1.82, 2.24) is 15.5 Å². The molecule has 8 nitrogen and oxygen atoms in total. The maximum absolute atomic E-state index is 12.0. The van der Waals surface area contributed by atoms with Crippen molar-refractivity contribution in [2.75, 3.05) is 44.9 Å². The second-order valence-corrected chi connectivity index (χ2v) is 6.76. The summed E-state index contributed by atoms with van der Waals surface area (Å²) in [6, 6.07) is 5.10. The average molecular weight is 421 g/mol. The third-order valence-electron chi connectivity index (χ3n) is 4.27. The topological polar surface area (TPSA) is 91.9 Å². The first kappa shape index (κ1) is 25.6. The van der Waals surface area contributed by atoms with Gasteiger partial charge in [0.25, 0.3) is 0 Å². The molecule has 0 radical (unpaired) electrons. The molecule has 0 spiro atoms. The molecule has 1 aliphatic heterocycles. The number of aryl methyl sites for hydroxylation is 1. The van der Waals surface area contributed by atoms with Crippen LogP contribution in [0.15, 0.2) is 24.3 Å². The van der Waals surface area contributed by atoms with Crippen LogP contribution >= 0.6 is 0 Å². The number of nitrogens with zero attached hydrogens (tertiary/aromatic N) is 1. The van der Waals surface area contributed by atoms with E-state index < -0.39 is 6.03 Å². The van der Waals surface area contributed by atoms with Crippen LogP contribution in [-0.4, -0.2) is 62.3 Å². The van der Waals surface area contributed by atoms with Gasteiger partial charge < -0.3 is 10.1 Å². The number of anilines is 1. The van der Waals surface area contributed by atoms with Crippen molar-refractivity contribution in [2.24, 2.45) is 0 Å². The fourth-order valence-corrected chi connectivity index (χ4v) is 2.83. The lowest BCUT2D eigenvalue weighted by Crippen LogP contribution is -2.49. The van der Waals surface area contributed by atoms with Crippen LogP contribution in [0.4, 0.5) is 10.5 Å². The maximum atomic E-state index is 12.0. The highest BCUT2D eigenvalue weighted by atomic mass is 16.6. The Bertz CT molecular complexity index is 688. The SMILES string of the molecule is C/C=C\c1c(C)cccc1NOCC(C)NC(=O)NC(=O)CN1CCOCC1.CC. The molecule has 0 saturated carbocycles. The van der Waals surface area contributed by atoms with Gasteiger partial charge in [0.2, 0.25) is 5.91 Å². The van der Waals surface area contributed by atoms with E-state index in [1.165, 1.54) is 0 Å². The molecule has 1 heterocycles. The number of urea groups is 1. The normalized spacial score (nSPS) is 15.1. The highest BCUT2D eigenvalue weighted by Crippen LogP contribution is 2.21. The molecular formula is C22H36N4O4. The Labute approximate surface area is 179 Å². The molecule has 2 rings (SSSR count). The minimum atomic E-state index is -0.528. The zero-order valence-corrected chi connectivity index (χ0v) is 18.8. The predicted molar refractivity (Wildman–Crippen MR) is 120 cm³/mol. The van der Waals surface area contributed by atoms with E-state index in [9.17, 15) is 9.59 Å². The number of allylic oxidation sites excluding steroid dienone is 1. The molecule has 1 aromatic rings. The monoisotopic (exact) mass is 420 g/mol. The Balaban J connectivity index is 0.00000218. The minimum Gasteiger partial charge on any atom is -0.379 e. The van der Waals surface area contributed by atoms with Gasteiger partial charge in [0.1, 0.15) is 0 Å². The number of rotatable bonds is 8. The maximum Gasteiger partial charge on any atom is 0.321 e. The summed E-state index contributed by atoms with van der Waals surface area (Å²) in [6.45, 7) is 12.8. The van der Waals surface area contributed by atoms with Crippen LogP contribution in [0.5, 0.6) is 0 Å². The van der Waals surface area contributed by atoms with Gasteiger partial charge in [-0.1, -0.05) is 38.1 Å². The van der Waals surface area contributed by atoms with Gasteiger partial charge in [-0.05, 0) is 32.4 Å². The smallest absolute Gasteiger partial charge is 0.321 e. The third-order valence-corrected chi connectivity index (χ3v) is 4.27. The van der Waals surface area contributed by atoms with Crippen LogP contribution in [0, 0.1) is 6.92 Å². The van der Waals surface area contributed by atoms with Crippen LogP contribution in [0.3, 0.4) is 0 Å². The van der Waals surface area contributed by atoms with E-state index in [1.807, 2.05) is 62.9 Å². The van der Waals surface area contributed by atoms with Crippen molar-refractivity contribution >= 4 is 23.7 Å². The first-order chi connectivity index (χ1) is 14.5. The van der Waals surface area contributed by atoms with Crippen molar-refractivity contribution in [2.45, 2.75) is 40.7 Å². The van der Waals surface area contributed by atoms with E-state index >= 15 is 0 Å². The summed E-state index contributed by atoms with van der Waals surface area (Å²) < 4.78 is 5.24. The molecule has 0 aromatic heterocycles. The van der Waals surface area contributed by atoms with Crippen molar-refractivity contribution in [3.05, 3.63) is 35.4 Å². The van der Waals surface area contributed by atoms with Gasteiger partial charge in [-0.3, -0.25) is 25.3 Å². The Morgan fingerprint density at radius 3 is 2.63 bits per heavy atom. The number of carbonyl (C=O) groups is 2. The number of hydrogen-bond acceptors (Lipinski definition) is 6. The Morgan fingerprint density at radius 1 is 1.27 bits per heavy atom. The standard InChI is InChI=1S/C20H30N4O4.C2H6/c1-4-6-17-15(2)7-5-8-18(17)23-28-14-16(3)21-20(26)22-19(25)13-24-9-11-27-12-10-24;1-2/h4-8,16,23H,9-14H2,1-3H3,(H2,21,22,25,26);1-2H3/b6-4-;. The van der Waals surface area contributed by atoms with E-state index in [-0.39, 0.29) is 25.1 Å². The lowest BCUT2D eigenvalue weighted by molar-refractivity contribution is -0.122. The van der Waals surface area contributed by atoms with Gasteiger partial charge in [-0.2, -0.15) is 0 Å². The Hall–Kier alpha value is -2.42. The van der Waals surface area contributed by atoms with Crippen molar-refractivity contribution in [1.29, 1.82) is 0 Å². The molecule has 1 saturated heterocycles. The molecule has 0 bridgehead atoms. The minimum absolute atomic E-state index is 0.185. The molecule has 0 aliphatic carbocycles. The lowest BCUT2D eigenvalue weighted by Gasteiger charge is -2.25.